The van der Waals surface area contributed by atoms with Crippen LogP contribution in [0.25, 0.3) is 0 Å². The van der Waals surface area contributed by atoms with Crippen molar-refractivity contribution in [1.29, 1.82) is 0 Å². The molecule has 0 amide bonds. The lowest BCUT2D eigenvalue weighted by Crippen LogP contribution is -2.48. The normalized spacial score (nSPS) is 19.3. The van der Waals surface area contributed by atoms with Crippen LogP contribution in [0.4, 0.5) is 0 Å². The Morgan fingerprint density at radius 2 is 1.73 bits per heavy atom. The van der Waals surface area contributed by atoms with Crippen molar-refractivity contribution in [2.45, 2.75) is 37.4 Å². The number of hydrogen-bond donors (Lipinski definition) is 6. The van der Waals surface area contributed by atoms with Crippen molar-refractivity contribution < 1.29 is 30.3 Å². The maximum atomic E-state index is 10.9. The summed E-state index contributed by atoms with van der Waals surface area (Å²) in [4.78, 5) is 10.9. The van der Waals surface area contributed by atoms with Gasteiger partial charge >= 0.3 is 0 Å². The Balaban J connectivity index is 4.17. The van der Waals surface area contributed by atoms with Crippen molar-refractivity contribution in [2.24, 2.45) is 5.73 Å². The molecule has 0 aliphatic carbocycles. The summed E-state index contributed by atoms with van der Waals surface area (Å²) in [5.74, 6) is -1.16. The number of aliphatic hydroxyl groups is 5. The van der Waals surface area contributed by atoms with E-state index in [4.69, 9.17) is 21.1 Å². The summed E-state index contributed by atoms with van der Waals surface area (Å²) in [7, 11) is 0. The Morgan fingerprint density at radius 3 is 2.13 bits per heavy atom. The van der Waals surface area contributed by atoms with Crippen molar-refractivity contribution in [3.8, 4) is 0 Å². The lowest BCUT2D eigenvalue weighted by Gasteiger charge is -2.22. The van der Waals surface area contributed by atoms with Gasteiger partial charge in [-0.3, -0.25) is 10.5 Å². The summed E-state index contributed by atoms with van der Waals surface area (Å²) in [5.41, 5.74) is 4.79. The summed E-state index contributed by atoms with van der Waals surface area (Å²) in [6.45, 7) is -0.173. The monoisotopic (exact) mass is 223 g/mol. The first-order chi connectivity index (χ1) is 6.91. The molecule has 4 atom stereocenters. The molecule has 0 aliphatic heterocycles. The van der Waals surface area contributed by atoms with Gasteiger partial charge in [0, 0.05) is 6.61 Å². The minimum atomic E-state index is -1.93. The first kappa shape index (κ1) is 14.4. The predicted molar refractivity (Wildman–Crippen MR) is 49.5 cm³/mol. The van der Waals surface area contributed by atoms with Gasteiger partial charge in [-0.15, -0.1) is 0 Å². The Hall–Kier alpha value is -0.570. The van der Waals surface area contributed by atoms with Crippen LogP contribution in [0.5, 0.6) is 0 Å². The minimum Gasteiger partial charge on any atom is -0.396 e. The Morgan fingerprint density at radius 1 is 1.20 bits per heavy atom. The fourth-order valence-corrected chi connectivity index (χ4v) is 1.02. The molecule has 0 radical (unpaired) electrons. The molecule has 0 heterocycles. The highest BCUT2D eigenvalue weighted by molar-refractivity contribution is 5.86. The van der Waals surface area contributed by atoms with Crippen molar-refractivity contribution in [3.05, 3.63) is 0 Å². The molecule has 7 nitrogen and oxygen atoms in total. The van der Waals surface area contributed by atoms with Crippen LogP contribution in [0.3, 0.4) is 0 Å². The van der Waals surface area contributed by atoms with Crippen LogP contribution >= 0.6 is 0 Å². The molecular formula is C8H17NO6. The smallest absolute Gasteiger partial charge is 0.206 e. The van der Waals surface area contributed by atoms with Crippen LogP contribution in [0, 0.1) is 0 Å². The Bertz CT molecular complexity index is 198. The van der Waals surface area contributed by atoms with Gasteiger partial charge in [0.25, 0.3) is 0 Å². The van der Waals surface area contributed by atoms with E-state index in [1.54, 1.807) is 0 Å². The molecule has 7 N–H and O–H groups in total. The van der Waals surface area contributed by atoms with E-state index in [9.17, 15) is 15.0 Å². The average molecular weight is 223 g/mol. The highest BCUT2D eigenvalue weighted by atomic mass is 16.4. The van der Waals surface area contributed by atoms with E-state index in [0.29, 0.717) is 0 Å². The first-order valence-electron chi connectivity index (χ1n) is 4.54. The molecule has 0 spiro atoms. The zero-order chi connectivity index (χ0) is 12.0. The quantitative estimate of drug-likeness (QED) is 0.248. The number of rotatable bonds is 7. The SMILES string of the molecule is NC(O)C(=O)[C@@H](O)[C@H](O)[C@@H](O)CCCO. The highest BCUT2D eigenvalue weighted by Gasteiger charge is 2.32. The molecule has 0 aromatic heterocycles. The van der Waals surface area contributed by atoms with Gasteiger partial charge < -0.3 is 25.5 Å². The molecule has 0 aromatic rings. The van der Waals surface area contributed by atoms with Crippen LogP contribution < -0.4 is 5.73 Å². The van der Waals surface area contributed by atoms with E-state index in [2.05, 4.69) is 0 Å². The van der Waals surface area contributed by atoms with Crippen molar-refractivity contribution >= 4 is 5.78 Å². The molecule has 0 saturated heterocycles. The molecule has 0 rings (SSSR count). The number of carbonyl (C=O) groups is 1. The third-order valence-electron chi connectivity index (χ3n) is 1.96. The molecular weight excluding hydrogens is 206 g/mol. The number of carbonyl (C=O) groups excluding carboxylic acids is 1. The summed E-state index contributed by atoms with van der Waals surface area (Å²) >= 11 is 0. The molecule has 0 fully saturated rings. The van der Waals surface area contributed by atoms with Gasteiger partial charge in [-0.2, -0.15) is 0 Å². The lowest BCUT2D eigenvalue weighted by molar-refractivity contribution is -0.146. The van der Waals surface area contributed by atoms with Gasteiger partial charge in [-0.1, -0.05) is 0 Å². The zero-order valence-corrected chi connectivity index (χ0v) is 8.15. The maximum absolute atomic E-state index is 10.9. The fourth-order valence-electron chi connectivity index (χ4n) is 1.02. The second-order valence-corrected chi connectivity index (χ2v) is 3.22. The van der Waals surface area contributed by atoms with Crippen molar-refractivity contribution in [3.63, 3.8) is 0 Å². The zero-order valence-electron chi connectivity index (χ0n) is 8.15. The lowest BCUT2D eigenvalue weighted by atomic mass is 10.0. The van der Waals surface area contributed by atoms with E-state index in [1.165, 1.54) is 0 Å². The summed E-state index contributed by atoms with van der Waals surface area (Å²) in [6, 6.07) is 0. The number of aliphatic hydroxyl groups excluding tert-OH is 5. The molecule has 0 saturated carbocycles. The van der Waals surface area contributed by atoms with Crippen molar-refractivity contribution in [1.82, 2.24) is 0 Å². The van der Waals surface area contributed by atoms with Gasteiger partial charge in [0.1, 0.15) is 12.2 Å². The third kappa shape index (κ3) is 4.65. The van der Waals surface area contributed by atoms with Crippen LogP contribution in [0.15, 0.2) is 0 Å². The van der Waals surface area contributed by atoms with Gasteiger partial charge in [0.15, 0.2) is 6.23 Å². The number of ketones is 1. The van der Waals surface area contributed by atoms with Gasteiger partial charge in [-0.05, 0) is 12.8 Å². The average Bonchev–Trinajstić information content (AvgIpc) is 2.22. The molecule has 90 valence electrons. The topological polar surface area (TPSA) is 144 Å². The van der Waals surface area contributed by atoms with E-state index >= 15 is 0 Å². The van der Waals surface area contributed by atoms with E-state index < -0.39 is 30.3 Å². The van der Waals surface area contributed by atoms with Crippen LogP contribution in [-0.2, 0) is 4.79 Å². The Kier molecular flexibility index (Phi) is 6.57. The number of hydrogen-bond acceptors (Lipinski definition) is 7. The fraction of sp³-hybridized carbons (Fsp3) is 0.875. The standard InChI is InChI=1S/C8H17NO6/c9-8(15)7(14)6(13)5(12)4(11)2-1-3-10/h4-6,8,10-13,15H,1-3,9H2/t4-,5+,6-,8?/m0/s1. The van der Waals surface area contributed by atoms with Crippen LogP contribution in [0.2, 0.25) is 0 Å². The second-order valence-electron chi connectivity index (χ2n) is 3.22. The summed E-state index contributed by atoms with van der Waals surface area (Å²) in [6.07, 6.45) is -6.64. The maximum Gasteiger partial charge on any atom is 0.206 e. The molecule has 0 aromatic carbocycles. The number of Topliss-reactive ketones (excluding diaryl/α,β-unsaturated/α-hetero) is 1. The predicted octanol–water partition coefficient (Wildman–Crippen LogP) is -3.31. The van der Waals surface area contributed by atoms with Gasteiger partial charge in [0.05, 0.1) is 6.10 Å². The highest BCUT2D eigenvalue weighted by Crippen LogP contribution is 2.07. The third-order valence-corrected chi connectivity index (χ3v) is 1.96. The largest absolute Gasteiger partial charge is 0.396 e. The first-order valence-corrected chi connectivity index (χ1v) is 4.54. The molecule has 15 heavy (non-hydrogen) atoms. The number of nitrogens with two attached hydrogens (primary N) is 1. The summed E-state index contributed by atoms with van der Waals surface area (Å²) < 4.78 is 0. The summed E-state index contributed by atoms with van der Waals surface area (Å²) in [5, 5.41) is 44.8. The van der Waals surface area contributed by atoms with E-state index in [0.717, 1.165) is 0 Å². The molecule has 0 aliphatic rings. The van der Waals surface area contributed by atoms with E-state index in [1.807, 2.05) is 0 Å². The van der Waals surface area contributed by atoms with Crippen LogP contribution in [0.1, 0.15) is 12.8 Å². The minimum absolute atomic E-state index is 0.0304. The van der Waals surface area contributed by atoms with Gasteiger partial charge in [-0.25, -0.2) is 0 Å². The second kappa shape index (κ2) is 6.83. The molecule has 1 unspecified atom stereocenters. The molecule has 0 bridgehead atoms. The molecule has 7 heteroatoms. The van der Waals surface area contributed by atoms with E-state index in [-0.39, 0.29) is 19.4 Å². The van der Waals surface area contributed by atoms with Crippen molar-refractivity contribution in [2.75, 3.05) is 6.61 Å². The van der Waals surface area contributed by atoms with Gasteiger partial charge in [0.2, 0.25) is 5.78 Å². The Labute approximate surface area is 86.8 Å². The van der Waals surface area contributed by atoms with Crippen LogP contribution in [-0.4, -0.2) is 62.5 Å².